The van der Waals surface area contributed by atoms with Crippen LogP contribution in [0, 0.1) is 11.3 Å². The van der Waals surface area contributed by atoms with Gasteiger partial charge in [-0.2, -0.15) is 18.4 Å². The van der Waals surface area contributed by atoms with Crippen LogP contribution < -0.4 is 11.1 Å². The maximum atomic E-state index is 12.6. The number of benzene rings is 2. The van der Waals surface area contributed by atoms with Crippen LogP contribution in [0.25, 0.3) is 0 Å². The van der Waals surface area contributed by atoms with E-state index >= 15 is 0 Å². The van der Waals surface area contributed by atoms with Crippen molar-refractivity contribution in [3.05, 3.63) is 53.6 Å². The van der Waals surface area contributed by atoms with Gasteiger partial charge in [0.05, 0.1) is 28.2 Å². The predicted molar refractivity (Wildman–Crippen MR) is 70.3 cm³/mol. The van der Waals surface area contributed by atoms with Gasteiger partial charge in [0.25, 0.3) is 0 Å². The van der Waals surface area contributed by atoms with Crippen molar-refractivity contribution in [3.63, 3.8) is 0 Å². The van der Waals surface area contributed by atoms with Crippen molar-refractivity contribution in [1.29, 1.82) is 5.26 Å². The Morgan fingerprint density at radius 3 is 2.35 bits per heavy atom. The number of hydrogen-bond donors (Lipinski definition) is 2. The van der Waals surface area contributed by atoms with Gasteiger partial charge < -0.3 is 11.1 Å². The molecule has 0 saturated heterocycles. The lowest BCUT2D eigenvalue weighted by atomic mass is 10.1. The Morgan fingerprint density at radius 1 is 1.05 bits per heavy atom. The molecule has 0 aromatic heterocycles. The fourth-order valence-corrected chi connectivity index (χ4v) is 1.68. The summed E-state index contributed by atoms with van der Waals surface area (Å²) in [6, 6.07) is 11.5. The highest BCUT2D eigenvalue weighted by Gasteiger charge is 2.31. The van der Waals surface area contributed by atoms with Gasteiger partial charge in [-0.15, -0.1) is 0 Å². The van der Waals surface area contributed by atoms with Gasteiger partial charge in [0, 0.05) is 0 Å². The van der Waals surface area contributed by atoms with Crippen molar-refractivity contribution in [2.45, 2.75) is 6.18 Å². The molecule has 0 heterocycles. The highest BCUT2D eigenvalue weighted by atomic mass is 19.4. The summed E-state index contributed by atoms with van der Waals surface area (Å²) in [7, 11) is 0. The number of para-hydroxylation sites is 2. The summed E-state index contributed by atoms with van der Waals surface area (Å²) >= 11 is 0. The SMILES string of the molecule is N#Cc1cc(C(F)(F)F)ccc1Nc1ccccc1N. The van der Waals surface area contributed by atoms with E-state index in [4.69, 9.17) is 11.0 Å². The zero-order valence-corrected chi connectivity index (χ0v) is 10.2. The molecule has 0 aliphatic heterocycles. The van der Waals surface area contributed by atoms with Crippen LogP contribution in [0.15, 0.2) is 42.5 Å². The molecule has 6 heteroatoms. The summed E-state index contributed by atoms with van der Waals surface area (Å²) in [5.74, 6) is 0. The number of halogens is 3. The van der Waals surface area contributed by atoms with E-state index in [-0.39, 0.29) is 11.3 Å². The molecule has 0 radical (unpaired) electrons. The van der Waals surface area contributed by atoms with E-state index in [1.54, 1.807) is 30.3 Å². The lowest BCUT2D eigenvalue weighted by molar-refractivity contribution is -0.137. The van der Waals surface area contributed by atoms with Crippen LogP contribution in [0.3, 0.4) is 0 Å². The second kappa shape index (κ2) is 5.13. The van der Waals surface area contributed by atoms with Crippen molar-refractivity contribution in [2.75, 3.05) is 11.1 Å². The molecule has 0 aliphatic rings. The molecule has 2 rings (SSSR count). The van der Waals surface area contributed by atoms with Crippen molar-refractivity contribution in [2.24, 2.45) is 0 Å². The molecule has 102 valence electrons. The van der Waals surface area contributed by atoms with Crippen molar-refractivity contribution in [3.8, 4) is 6.07 Å². The van der Waals surface area contributed by atoms with Crippen LogP contribution in [-0.2, 0) is 6.18 Å². The van der Waals surface area contributed by atoms with E-state index in [0.29, 0.717) is 11.4 Å². The predicted octanol–water partition coefficient (Wildman–Crippen LogP) is 3.90. The molecular formula is C14H10F3N3. The Labute approximate surface area is 113 Å². The number of nitrogen functional groups attached to an aromatic ring is 1. The first-order valence-electron chi connectivity index (χ1n) is 5.64. The second-order valence-electron chi connectivity index (χ2n) is 4.08. The number of nitrogens with zero attached hydrogens (tertiary/aromatic N) is 1. The van der Waals surface area contributed by atoms with Gasteiger partial charge in [-0.1, -0.05) is 12.1 Å². The molecule has 20 heavy (non-hydrogen) atoms. The number of nitrogens with one attached hydrogen (secondary N) is 1. The number of nitrogens with two attached hydrogens (primary N) is 1. The third-order valence-corrected chi connectivity index (χ3v) is 2.70. The van der Waals surface area contributed by atoms with Gasteiger partial charge in [-0.25, -0.2) is 0 Å². The summed E-state index contributed by atoms with van der Waals surface area (Å²) in [5, 5.41) is 11.8. The van der Waals surface area contributed by atoms with Gasteiger partial charge in [0.2, 0.25) is 0 Å². The maximum Gasteiger partial charge on any atom is 0.416 e. The van der Waals surface area contributed by atoms with E-state index < -0.39 is 11.7 Å². The molecule has 2 aromatic carbocycles. The van der Waals surface area contributed by atoms with Crippen LogP contribution >= 0.6 is 0 Å². The number of alkyl halides is 3. The molecule has 0 amide bonds. The molecular weight excluding hydrogens is 267 g/mol. The summed E-state index contributed by atoms with van der Waals surface area (Å²) in [4.78, 5) is 0. The largest absolute Gasteiger partial charge is 0.416 e. The Morgan fingerprint density at radius 2 is 1.75 bits per heavy atom. The molecule has 3 nitrogen and oxygen atoms in total. The molecule has 0 aliphatic carbocycles. The highest BCUT2D eigenvalue weighted by molar-refractivity contribution is 5.75. The Balaban J connectivity index is 2.39. The molecule has 0 saturated carbocycles. The number of rotatable bonds is 2. The summed E-state index contributed by atoms with van der Waals surface area (Å²) < 4.78 is 37.7. The van der Waals surface area contributed by atoms with Gasteiger partial charge in [0.15, 0.2) is 0 Å². The number of anilines is 3. The smallest absolute Gasteiger partial charge is 0.397 e. The molecule has 0 bridgehead atoms. The normalized spacial score (nSPS) is 10.9. The van der Waals surface area contributed by atoms with Gasteiger partial charge in [0.1, 0.15) is 6.07 Å². The van der Waals surface area contributed by atoms with E-state index in [1.165, 1.54) is 6.07 Å². The second-order valence-corrected chi connectivity index (χ2v) is 4.08. The van der Waals surface area contributed by atoms with Crippen molar-refractivity contribution >= 4 is 17.1 Å². The molecule has 0 unspecified atom stereocenters. The Kier molecular flexibility index (Phi) is 3.53. The lowest BCUT2D eigenvalue weighted by Crippen LogP contribution is -2.06. The lowest BCUT2D eigenvalue weighted by Gasteiger charge is -2.12. The van der Waals surface area contributed by atoms with E-state index in [0.717, 1.165) is 12.1 Å². The monoisotopic (exact) mass is 277 g/mol. The standard InChI is InChI=1S/C14H10F3N3/c15-14(16,17)10-5-6-12(9(7-10)8-18)20-13-4-2-1-3-11(13)19/h1-7,20H,19H2. The number of nitriles is 1. The molecule has 3 N–H and O–H groups in total. The summed E-state index contributed by atoms with van der Waals surface area (Å²) in [6.45, 7) is 0. The third-order valence-electron chi connectivity index (χ3n) is 2.70. The zero-order valence-electron chi connectivity index (χ0n) is 10.2. The van der Waals surface area contributed by atoms with Crippen molar-refractivity contribution in [1.82, 2.24) is 0 Å². The van der Waals surface area contributed by atoms with Crippen LogP contribution in [-0.4, -0.2) is 0 Å². The molecule has 0 spiro atoms. The average molecular weight is 277 g/mol. The van der Waals surface area contributed by atoms with Gasteiger partial charge >= 0.3 is 6.18 Å². The van der Waals surface area contributed by atoms with Crippen molar-refractivity contribution < 1.29 is 13.2 Å². The zero-order chi connectivity index (χ0) is 14.8. The molecule has 0 atom stereocenters. The minimum Gasteiger partial charge on any atom is -0.397 e. The van der Waals surface area contributed by atoms with Crippen LogP contribution in [0.4, 0.5) is 30.2 Å². The highest BCUT2D eigenvalue weighted by Crippen LogP contribution is 2.33. The maximum absolute atomic E-state index is 12.6. The molecule has 0 fully saturated rings. The van der Waals surface area contributed by atoms with Crippen LogP contribution in [0.1, 0.15) is 11.1 Å². The minimum absolute atomic E-state index is 0.0944. The van der Waals surface area contributed by atoms with Crippen LogP contribution in [0.2, 0.25) is 0 Å². The fourth-order valence-electron chi connectivity index (χ4n) is 1.68. The van der Waals surface area contributed by atoms with E-state index in [1.807, 2.05) is 0 Å². The molecule has 2 aromatic rings. The first kappa shape index (κ1) is 13.7. The average Bonchev–Trinajstić information content (AvgIpc) is 2.40. The Bertz CT molecular complexity index is 672. The minimum atomic E-state index is -4.48. The van der Waals surface area contributed by atoms with Gasteiger partial charge in [-0.3, -0.25) is 0 Å². The van der Waals surface area contributed by atoms with Gasteiger partial charge in [-0.05, 0) is 30.3 Å². The number of hydrogen-bond acceptors (Lipinski definition) is 3. The van der Waals surface area contributed by atoms with Crippen LogP contribution in [0.5, 0.6) is 0 Å². The van der Waals surface area contributed by atoms with E-state index in [2.05, 4.69) is 5.32 Å². The topological polar surface area (TPSA) is 61.8 Å². The first-order chi connectivity index (χ1) is 9.41. The Hall–Kier alpha value is -2.68. The van der Waals surface area contributed by atoms with E-state index in [9.17, 15) is 13.2 Å². The summed E-state index contributed by atoms with van der Waals surface area (Å²) in [6.07, 6.45) is -4.48. The third kappa shape index (κ3) is 2.83. The quantitative estimate of drug-likeness (QED) is 0.818. The first-order valence-corrected chi connectivity index (χ1v) is 5.64. The summed E-state index contributed by atoms with van der Waals surface area (Å²) in [5.41, 5.74) is 6.03. The fraction of sp³-hybridized carbons (Fsp3) is 0.0714.